The molecule has 0 bridgehead atoms. The standard InChI is InChI=1S/C12H18BrN3O/c13-10-7-9(11(15)8-14)1-2-12(10)16-3-5-17-6-4-16/h1-2,7,11H,3-6,8,14-15H2. The highest BCUT2D eigenvalue weighted by atomic mass is 79.9. The number of hydrogen-bond acceptors (Lipinski definition) is 4. The van der Waals surface area contributed by atoms with E-state index in [1.165, 1.54) is 5.69 Å². The van der Waals surface area contributed by atoms with E-state index in [4.69, 9.17) is 16.2 Å². The molecule has 1 heterocycles. The molecule has 0 amide bonds. The molecule has 1 saturated heterocycles. The summed E-state index contributed by atoms with van der Waals surface area (Å²) in [5.41, 5.74) is 13.7. The molecule has 1 aromatic carbocycles. The molecule has 2 rings (SSSR count). The van der Waals surface area contributed by atoms with Crippen LogP contribution in [0, 0.1) is 0 Å². The van der Waals surface area contributed by atoms with Gasteiger partial charge in [0.2, 0.25) is 0 Å². The normalized spacial score (nSPS) is 18.2. The Bertz CT molecular complexity index is 380. The predicted octanol–water partition coefficient (Wildman–Crippen LogP) is 1.24. The van der Waals surface area contributed by atoms with Crippen molar-refractivity contribution in [2.75, 3.05) is 37.7 Å². The van der Waals surface area contributed by atoms with E-state index in [2.05, 4.69) is 33.0 Å². The molecule has 1 unspecified atom stereocenters. The number of nitrogens with two attached hydrogens (primary N) is 2. The number of rotatable bonds is 3. The maximum absolute atomic E-state index is 5.91. The van der Waals surface area contributed by atoms with Crippen molar-refractivity contribution in [3.63, 3.8) is 0 Å². The Morgan fingerprint density at radius 2 is 2.06 bits per heavy atom. The zero-order valence-electron chi connectivity index (χ0n) is 9.73. The van der Waals surface area contributed by atoms with Gasteiger partial charge in [0.15, 0.2) is 0 Å². The van der Waals surface area contributed by atoms with E-state index >= 15 is 0 Å². The van der Waals surface area contributed by atoms with Crippen LogP contribution in [-0.4, -0.2) is 32.8 Å². The number of benzene rings is 1. The minimum atomic E-state index is -0.0926. The van der Waals surface area contributed by atoms with Gasteiger partial charge in [-0.3, -0.25) is 0 Å². The Morgan fingerprint density at radius 3 is 2.65 bits per heavy atom. The minimum absolute atomic E-state index is 0.0926. The van der Waals surface area contributed by atoms with E-state index in [0.717, 1.165) is 36.3 Å². The van der Waals surface area contributed by atoms with Crippen LogP contribution in [0.5, 0.6) is 0 Å². The fraction of sp³-hybridized carbons (Fsp3) is 0.500. The molecular formula is C12H18BrN3O. The van der Waals surface area contributed by atoms with Crippen LogP contribution >= 0.6 is 15.9 Å². The largest absolute Gasteiger partial charge is 0.378 e. The summed E-state index contributed by atoms with van der Waals surface area (Å²) < 4.78 is 6.42. The minimum Gasteiger partial charge on any atom is -0.378 e. The first-order chi connectivity index (χ1) is 8.22. The van der Waals surface area contributed by atoms with Crippen molar-refractivity contribution in [2.45, 2.75) is 6.04 Å². The van der Waals surface area contributed by atoms with Crippen LogP contribution in [0.1, 0.15) is 11.6 Å². The molecule has 5 heteroatoms. The maximum Gasteiger partial charge on any atom is 0.0642 e. The van der Waals surface area contributed by atoms with Gasteiger partial charge in [0.1, 0.15) is 0 Å². The summed E-state index contributed by atoms with van der Waals surface area (Å²) in [5, 5.41) is 0. The molecule has 1 aliphatic rings. The summed E-state index contributed by atoms with van der Waals surface area (Å²) >= 11 is 3.60. The maximum atomic E-state index is 5.91. The highest BCUT2D eigenvalue weighted by Gasteiger charge is 2.15. The molecule has 4 nitrogen and oxygen atoms in total. The first kappa shape index (κ1) is 12.8. The highest BCUT2D eigenvalue weighted by molar-refractivity contribution is 9.10. The second-order valence-electron chi connectivity index (χ2n) is 4.15. The number of anilines is 1. The lowest BCUT2D eigenvalue weighted by Crippen LogP contribution is -2.36. The van der Waals surface area contributed by atoms with Crippen LogP contribution in [0.15, 0.2) is 22.7 Å². The van der Waals surface area contributed by atoms with Gasteiger partial charge in [0, 0.05) is 30.1 Å². The van der Waals surface area contributed by atoms with E-state index in [-0.39, 0.29) is 6.04 Å². The lowest BCUT2D eigenvalue weighted by molar-refractivity contribution is 0.122. The SMILES string of the molecule is NCC(N)c1ccc(N2CCOCC2)c(Br)c1. The Labute approximate surface area is 110 Å². The monoisotopic (exact) mass is 299 g/mol. The highest BCUT2D eigenvalue weighted by Crippen LogP contribution is 2.29. The van der Waals surface area contributed by atoms with Gasteiger partial charge in [-0.2, -0.15) is 0 Å². The molecular weight excluding hydrogens is 282 g/mol. The molecule has 0 aromatic heterocycles. The van der Waals surface area contributed by atoms with Crippen molar-refractivity contribution in [1.29, 1.82) is 0 Å². The van der Waals surface area contributed by atoms with Crippen molar-refractivity contribution in [3.05, 3.63) is 28.2 Å². The van der Waals surface area contributed by atoms with Crippen LogP contribution in [0.25, 0.3) is 0 Å². The average Bonchev–Trinajstić information content (AvgIpc) is 2.38. The summed E-state index contributed by atoms with van der Waals surface area (Å²) in [6.45, 7) is 3.90. The van der Waals surface area contributed by atoms with Crippen LogP contribution in [0.4, 0.5) is 5.69 Å². The van der Waals surface area contributed by atoms with Gasteiger partial charge in [0.25, 0.3) is 0 Å². The molecule has 1 aromatic rings. The van der Waals surface area contributed by atoms with Crippen LogP contribution in [-0.2, 0) is 4.74 Å². The topological polar surface area (TPSA) is 64.5 Å². The van der Waals surface area contributed by atoms with Crippen LogP contribution in [0.2, 0.25) is 0 Å². The summed E-state index contributed by atoms with van der Waals surface area (Å²) in [4.78, 5) is 2.31. The molecule has 0 radical (unpaired) electrons. The summed E-state index contributed by atoms with van der Waals surface area (Å²) in [6.07, 6.45) is 0. The van der Waals surface area contributed by atoms with E-state index in [1.807, 2.05) is 6.07 Å². The third-order valence-electron chi connectivity index (χ3n) is 3.01. The van der Waals surface area contributed by atoms with Gasteiger partial charge in [-0.15, -0.1) is 0 Å². The van der Waals surface area contributed by atoms with Crippen molar-refractivity contribution >= 4 is 21.6 Å². The molecule has 94 valence electrons. The van der Waals surface area contributed by atoms with E-state index in [0.29, 0.717) is 6.54 Å². The van der Waals surface area contributed by atoms with E-state index in [1.54, 1.807) is 0 Å². The zero-order valence-corrected chi connectivity index (χ0v) is 11.3. The average molecular weight is 300 g/mol. The lowest BCUT2D eigenvalue weighted by atomic mass is 10.1. The Kier molecular flexibility index (Phi) is 4.39. The van der Waals surface area contributed by atoms with Crippen molar-refractivity contribution in [3.8, 4) is 0 Å². The molecule has 0 saturated carbocycles. The van der Waals surface area contributed by atoms with E-state index in [9.17, 15) is 0 Å². The van der Waals surface area contributed by atoms with Gasteiger partial charge in [-0.1, -0.05) is 6.07 Å². The number of hydrogen-bond donors (Lipinski definition) is 2. The first-order valence-corrected chi connectivity index (χ1v) is 6.59. The molecule has 1 fully saturated rings. The summed E-state index contributed by atoms with van der Waals surface area (Å²) in [6, 6.07) is 6.11. The van der Waals surface area contributed by atoms with Crippen LogP contribution < -0.4 is 16.4 Å². The number of nitrogens with zero attached hydrogens (tertiary/aromatic N) is 1. The second kappa shape index (κ2) is 5.82. The van der Waals surface area contributed by atoms with E-state index < -0.39 is 0 Å². The van der Waals surface area contributed by atoms with Crippen molar-refractivity contribution in [2.24, 2.45) is 11.5 Å². The fourth-order valence-electron chi connectivity index (χ4n) is 1.95. The lowest BCUT2D eigenvalue weighted by Gasteiger charge is -2.30. The summed E-state index contributed by atoms with van der Waals surface area (Å²) in [5.74, 6) is 0. The third-order valence-corrected chi connectivity index (χ3v) is 3.64. The molecule has 1 atom stereocenters. The number of morpholine rings is 1. The molecule has 0 spiro atoms. The van der Waals surface area contributed by atoms with Gasteiger partial charge in [-0.25, -0.2) is 0 Å². The fourth-order valence-corrected chi connectivity index (χ4v) is 2.60. The Balaban J connectivity index is 2.18. The Morgan fingerprint density at radius 1 is 1.35 bits per heavy atom. The van der Waals surface area contributed by atoms with Gasteiger partial charge < -0.3 is 21.1 Å². The number of ether oxygens (including phenoxy) is 1. The number of halogens is 1. The molecule has 1 aliphatic heterocycles. The molecule has 17 heavy (non-hydrogen) atoms. The van der Waals surface area contributed by atoms with Gasteiger partial charge >= 0.3 is 0 Å². The van der Waals surface area contributed by atoms with Crippen LogP contribution in [0.3, 0.4) is 0 Å². The van der Waals surface area contributed by atoms with Crippen molar-refractivity contribution < 1.29 is 4.74 Å². The summed E-state index contributed by atoms with van der Waals surface area (Å²) in [7, 11) is 0. The second-order valence-corrected chi connectivity index (χ2v) is 5.01. The zero-order chi connectivity index (χ0) is 12.3. The predicted molar refractivity (Wildman–Crippen MR) is 73.2 cm³/mol. The van der Waals surface area contributed by atoms with Gasteiger partial charge in [0.05, 0.1) is 18.9 Å². The smallest absolute Gasteiger partial charge is 0.0642 e. The van der Waals surface area contributed by atoms with Gasteiger partial charge in [-0.05, 0) is 33.6 Å². The third kappa shape index (κ3) is 2.98. The Hall–Kier alpha value is -0.620. The quantitative estimate of drug-likeness (QED) is 0.881. The van der Waals surface area contributed by atoms with Crippen molar-refractivity contribution in [1.82, 2.24) is 0 Å². The molecule has 4 N–H and O–H groups in total. The molecule has 0 aliphatic carbocycles. The first-order valence-electron chi connectivity index (χ1n) is 5.80.